The first kappa shape index (κ1) is 18.6. The second-order valence-electron chi connectivity index (χ2n) is 6.06. The van der Waals surface area contributed by atoms with E-state index in [0.717, 1.165) is 4.31 Å². The molecule has 2 amide bonds. The van der Waals surface area contributed by atoms with Crippen molar-refractivity contribution in [2.24, 2.45) is 0 Å². The fourth-order valence-corrected chi connectivity index (χ4v) is 4.49. The Morgan fingerprint density at radius 1 is 1.08 bits per heavy atom. The molecule has 0 radical (unpaired) electrons. The molecule has 1 N–H and O–H groups in total. The maximum absolute atomic E-state index is 13.8. The van der Waals surface area contributed by atoms with Crippen LogP contribution in [0.5, 0.6) is 0 Å². The lowest BCUT2D eigenvalue weighted by molar-refractivity contribution is -0.135. The molecule has 26 heavy (non-hydrogen) atoms. The van der Waals surface area contributed by atoms with Gasteiger partial charge in [0.1, 0.15) is 10.9 Å². The maximum atomic E-state index is 13.8. The predicted octanol–water partition coefficient (Wildman–Crippen LogP) is 0.215. The second-order valence-corrected chi connectivity index (χ2v) is 7.97. The van der Waals surface area contributed by atoms with Crippen molar-refractivity contribution < 1.29 is 31.2 Å². The highest BCUT2D eigenvalue weighted by molar-refractivity contribution is 7.89. The average Bonchev–Trinajstić information content (AvgIpc) is 3.05. The number of amides is 2. The Hall–Kier alpha value is -2.14. The quantitative estimate of drug-likeness (QED) is 0.747. The number of hydrogen-bond acceptors (Lipinski definition) is 4. The van der Waals surface area contributed by atoms with E-state index >= 15 is 0 Å². The van der Waals surface area contributed by atoms with Crippen molar-refractivity contribution in [3.8, 4) is 0 Å². The van der Waals surface area contributed by atoms with E-state index in [1.54, 1.807) is 0 Å². The van der Waals surface area contributed by atoms with E-state index in [4.69, 9.17) is 0 Å². The van der Waals surface area contributed by atoms with E-state index in [9.17, 15) is 31.2 Å². The van der Waals surface area contributed by atoms with Crippen LogP contribution in [0.3, 0.4) is 0 Å². The summed E-state index contributed by atoms with van der Waals surface area (Å²) in [6.07, 6.45) is 0.649. The van der Waals surface area contributed by atoms with Crippen LogP contribution in [0.2, 0.25) is 0 Å². The number of sulfonamides is 1. The molecule has 2 heterocycles. The molecule has 7 nitrogen and oxygen atoms in total. The number of hydrogen-bond donors (Lipinski definition) is 1. The lowest BCUT2D eigenvalue weighted by atomic mass is 10.2. The molecular weight excluding hydrogens is 375 g/mol. The number of carbonyl (C=O) groups excluding carboxylic acids is 2. The first-order valence-corrected chi connectivity index (χ1v) is 9.37. The molecule has 0 aromatic heterocycles. The lowest BCUT2D eigenvalue weighted by Gasteiger charge is -2.35. The molecular formula is C15H16F3N3O4S. The Morgan fingerprint density at radius 3 is 2.31 bits per heavy atom. The van der Waals surface area contributed by atoms with Crippen molar-refractivity contribution >= 4 is 21.8 Å². The topological polar surface area (TPSA) is 86.8 Å². The molecule has 0 saturated carbocycles. The SMILES string of the molecule is O=C1CC[C@@H](C(=O)N2CCN(S(=O)(=O)c3ccc(F)c(F)c3F)CC2)N1. The van der Waals surface area contributed by atoms with Gasteiger partial charge in [-0.05, 0) is 18.6 Å². The summed E-state index contributed by atoms with van der Waals surface area (Å²) < 4.78 is 66.1. The van der Waals surface area contributed by atoms with Crippen LogP contribution in [0.4, 0.5) is 13.2 Å². The summed E-state index contributed by atoms with van der Waals surface area (Å²) in [4.78, 5) is 24.0. The molecule has 0 bridgehead atoms. The molecule has 0 unspecified atom stereocenters. The number of nitrogens with one attached hydrogen (secondary N) is 1. The normalized spacial score (nSPS) is 21.7. The molecule has 1 aromatic rings. The first-order valence-electron chi connectivity index (χ1n) is 7.93. The Labute approximate surface area is 147 Å². The number of benzene rings is 1. The third-order valence-corrected chi connectivity index (χ3v) is 6.38. The van der Waals surface area contributed by atoms with E-state index in [2.05, 4.69) is 5.32 Å². The highest BCUT2D eigenvalue weighted by Gasteiger charge is 2.36. The highest BCUT2D eigenvalue weighted by atomic mass is 32.2. The molecule has 3 rings (SSSR count). The van der Waals surface area contributed by atoms with Gasteiger partial charge in [-0.2, -0.15) is 4.31 Å². The van der Waals surface area contributed by atoms with Gasteiger partial charge in [-0.3, -0.25) is 9.59 Å². The Morgan fingerprint density at radius 2 is 1.73 bits per heavy atom. The fraction of sp³-hybridized carbons (Fsp3) is 0.467. The lowest BCUT2D eigenvalue weighted by Crippen LogP contribution is -2.54. The van der Waals surface area contributed by atoms with E-state index < -0.39 is 38.4 Å². The van der Waals surface area contributed by atoms with Crippen LogP contribution in [0.15, 0.2) is 17.0 Å². The van der Waals surface area contributed by atoms with Crippen LogP contribution in [0.25, 0.3) is 0 Å². The van der Waals surface area contributed by atoms with Gasteiger partial charge in [0.2, 0.25) is 21.8 Å². The van der Waals surface area contributed by atoms with E-state index in [-0.39, 0.29) is 44.4 Å². The Bertz CT molecular complexity index is 854. The van der Waals surface area contributed by atoms with E-state index in [0.29, 0.717) is 18.6 Å². The summed E-state index contributed by atoms with van der Waals surface area (Å²) >= 11 is 0. The summed E-state index contributed by atoms with van der Waals surface area (Å²) in [6.45, 7) is -0.133. The molecule has 0 spiro atoms. The minimum atomic E-state index is -4.36. The standard InChI is InChI=1S/C15H16F3N3O4S/c16-9-1-3-11(14(18)13(9)17)26(24,25)21-7-5-20(6-8-21)15(23)10-2-4-12(22)19-10/h1,3,10H,2,4-8H2,(H,19,22)/t10-/m0/s1. The zero-order chi connectivity index (χ0) is 19.1. The number of piperazine rings is 1. The van der Waals surface area contributed by atoms with Gasteiger partial charge in [0.05, 0.1) is 0 Å². The zero-order valence-corrected chi connectivity index (χ0v) is 14.4. The number of nitrogens with zero attached hydrogens (tertiary/aromatic N) is 2. The van der Waals surface area contributed by atoms with Gasteiger partial charge in [0, 0.05) is 32.6 Å². The van der Waals surface area contributed by atoms with E-state index in [1.807, 2.05) is 0 Å². The van der Waals surface area contributed by atoms with Crippen molar-refractivity contribution in [1.29, 1.82) is 0 Å². The first-order chi connectivity index (χ1) is 12.2. The summed E-state index contributed by atoms with van der Waals surface area (Å²) in [5.74, 6) is -5.60. The Kier molecular flexibility index (Phi) is 4.93. The molecule has 1 atom stereocenters. The van der Waals surface area contributed by atoms with E-state index in [1.165, 1.54) is 4.90 Å². The van der Waals surface area contributed by atoms with Gasteiger partial charge in [-0.1, -0.05) is 0 Å². The van der Waals surface area contributed by atoms with Crippen LogP contribution >= 0.6 is 0 Å². The third-order valence-electron chi connectivity index (χ3n) is 4.46. The van der Waals surface area contributed by atoms with Crippen molar-refractivity contribution in [1.82, 2.24) is 14.5 Å². The van der Waals surface area contributed by atoms with Gasteiger partial charge < -0.3 is 10.2 Å². The molecule has 1 aromatic carbocycles. The summed E-state index contributed by atoms with van der Waals surface area (Å²) in [5, 5.41) is 2.55. The smallest absolute Gasteiger partial charge is 0.246 e. The number of carbonyl (C=O) groups is 2. The average molecular weight is 391 g/mol. The number of rotatable bonds is 3. The second kappa shape index (κ2) is 6.88. The molecule has 2 fully saturated rings. The Balaban J connectivity index is 1.70. The van der Waals surface area contributed by atoms with Crippen molar-refractivity contribution in [2.75, 3.05) is 26.2 Å². The molecule has 2 aliphatic heterocycles. The van der Waals surface area contributed by atoms with Gasteiger partial charge in [-0.15, -0.1) is 0 Å². The van der Waals surface area contributed by atoms with Crippen molar-refractivity contribution in [2.45, 2.75) is 23.8 Å². The molecule has 11 heteroatoms. The fourth-order valence-electron chi connectivity index (χ4n) is 3.02. The third kappa shape index (κ3) is 3.28. The summed E-state index contributed by atoms with van der Waals surface area (Å²) in [5.41, 5.74) is 0. The van der Waals surface area contributed by atoms with Crippen LogP contribution in [-0.2, 0) is 19.6 Å². The monoisotopic (exact) mass is 391 g/mol. The zero-order valence-electron chi connectivity index (χ0n) is 13.5. The minimum absolute atomic E-state index is 0.0513. The van der Waals surface area contributed by atoms with Gasteiger partial charge in [0.25, 0.3) is 0 Å². The molecule has 142 valence electrons. The van der Waals surface area contributed by atoms with Gasteiger partial charge in [-0.25, -0.2) is 21.6 Å². The maximum Gasteiger partial charge on any atom is 0.246 e. The van der Waals surface area contributed by atoms with Crippen molar-refractivity contribution in [3.63, 3.8) is 0 Å². The number of halogens is 3. The minimum Gasteiger partial charge on any atom is -0.344 e. The van der Waals surface area contributed by atoms with Crippen LogP contribution in [-0.4, -0.2) is 61.7 Å². The molecule has 0 aliphatic carbocycles. The summed E-state index contributed by atoms with van der Waals surface area (Å²) in [7, 11) is -4.36. The van der Waals surface area contributed by atoms with Crippen LogP contribution in [0.1, 0.15) is 12.8 Å². The summed E-state index contributed by atoms with van der Waals surface area (Å²) in [6, 6.07) is 0.608. The van der Waals surface area contributed by atoms with Crippen LogP contribution < -0.4 is 5.32 Å². The van der Waals surface area contributed by atoms with Crippen LogP contribution in [0, 0.1) is 17.5 Å². The van der Waals surface area contributed by atoms with Gasteiger partial charge in [0.15, 0.2) is 17.5 Å². The molecule has 2 aliphatic rings. The van der Waals surface area contributed by atoms with Crippen molar-refractivity contribution in [3.05, 3.63) is 29.6 Å². The highest BCUT2D eigenvalue weighted by Crippen LogP contribution is 2.24. The predicted molar refractivity (Wildman–Crippen MR) is 82.8 cm³/mol. The molecule has 2 saturated heterocycles. The largest absolute Gasteiger partial charge is 0.344 e. The van der Waals surface area contributed by atoms with Gasteiger partial charge >= 0.3 is 0 Å².